The minimum atomic E-state index is -0.285. The highest BCUT2D eigenvalue weighted by molar-refractivity contribution is 5.94. The van der Waals surface area contributed by atoms with Gasteiger partial charge in [0.1, 0.15) is 5.76 Å². The summed E-state index contributed by atoms with van der Waals surface area (Å²) >= 11 is 0. The lowest BCUT2D eigenvalue weighted by Crippen LogP contribution is -2.39. The normalized spacial score (nSPS) is 19.7. The molecule has 3 heterocycles. The van der Waals surface area contributed by atoms with Gasteiger partial charge < -0.3 is 19.2 Å². The van der Waals surface area contributed by atoms with Gasteiger partial charge in [-0.1, -0.05) is 5.16 Å². The summed E-state index contributed by atoms with van der Waals surface area (Å²) in [6.07, 6.45) is 5.24. The van der Waals surface area contributed by atoms with Gasteiger partial charge in [0.05, 0.1) is 5.69 Å². The van der Waals surface area contributed by atoms with Crippen LogP contribution in [-0.2, 0) is 12.8 Å². The van der Waals surface area contributed by atoms with Crippen molar-refractivity contribution in [2.24, 2.45) is 0 Å². The first-order valence-corrected chi connectivity index (χ1v) is 8.61. The first-order chi connectivity index (χ1) is 12.1. The maximum Gasteiger partial charge on any atom is 0.289 e. The summed E-state index contributed by atoms with van der Waals surface area (Å²) in [6.45, 7) is 3.26. The van der Waals surface area contributed by atoms with Gasteiger partial charge in [-0.2, -0.15) is 0 Å². The second-order valence-electron chi connectivity index (χ2n) is 6.61. The summed E-state index contributed by atoms with van der Waals surface area (Å²) in [7, 11) is 0. The molecule has 1 aliphatic carbocycles. The predicted octanol–water partition coefficient (Wildman–Crippen LogP) is 1.49. The van der Waals surface area contributed by atoms with E-state index in [1.54, 1.807) is 6.92 Å². The van der Waals surface area contributed by atoms with Gasteiger partial charge in [0.2, 0.25) is 5.76 Å². The summed E-state index contributed by atoms with van der Waals surface area (Å²) in [5, 5.41) is 6.97. The van der Waals surface area contributed by atoms with Gasteiger partial charge in [-0.05, 0) is 32.6 Å². The molecule has 2 aromatic rings. The Morgan fingerprint density at radius 3 is 2.84 bits per heavy atom. The van der Waals surface area contributed by atoms with E-state index in [1.165, 1.54) is 6.39 Å². The minimum absolute atomic E-state index is 0.0689. The van der Waals surface area contributed by atoms with Gasteiger partial charge in [-0.15, -0.1) is 0 Å². The Morgan fingerprint density at radius 2 is 2.12 bits per heavy atom. The van der Waals surface area contributed by atoms with Crippen molar-refractivity contribution in [2.75, 3.05) is 13.1 Å². The van der Waals surface area contributed by atoms with Crippen LogP contribution in [0.2, 0.25) is 0 Å². The molecule has 1 fully saturated rings. The zero-order valence-corrected chi connectivity index (χ0v) is 14.1. The molecule has 0 spiro atoms. The van der Waals surface area contributed by atoms with E-state index in [4.69, 9.17) is 8.94 Å². The Balaban J connectivity index is 1.49. The molecule has 1 N–H and O–H groups in total. The SMILES string of the molecule is Cc1ncoc1C(=O)NC1CCc2onc(C(=O)N3CCCC3)c2C1. The fourth-order valence-electron chi connectivity index (χ4n) is 3.54. The highest BCUT2D eigenvalue weighted by Gasteiger charge is 2.32. The average Bonchev–Trinajstić information content (AvgIpc) is 3.34. The first kappa shape index (κ1) is 15.9. The average molecular weight is 344 g/mol. The van der Waals surface area contributed by atoms with Crippen LogP contribution in [0.15, 0.2) is 15.3 Å². The lowest BCUT2D eigenvalue weighted by molar-refractivity contribution is 0.0781. The minimum Gasteiger partial charge on any atom is -0.438 e. The van der Waals surface area contributed by atoms with Crippen molar-refractivity contribution in [3.8, 4) is 0 Å². The van der Waals surface area contributed by atoms with Crippen molar-refractivity contribution in [3.63, 3.8) is 0 Å². The Bertz CT molecular complexity index is 803. The summed E-state index contributed by atoms with van der Waals surface area (Å²) in [4.78, 5) is 30.7. The van der Waals surface area contributed by atoms with Crippen molar-refractivity contribution < 1.29 is 18.5 Å². The number of hydrogen-bond acceptors (Lipinski definition) is 6. The standard InChI is InChI=1S/C17H20N4O4/c1-10-15(24-9-18-10)16(22)19-11-4-5-13-12(8-11)14(20-25-13)17(23)21-6-2-3-7-21/h9,11H,2-8H2,1H3,(H,19,22). The molecule has 132 valence electrons. The van der Waals surface area contributed by atoms with Crippen LogP contribution in [0, 0.1) is 6.92 Å². The first-order valence-electron chi connectivity index (χ1n) is 8.61. The smallest absolute Gasteiger partial charge is 0.289 e. The van der Waals surface area contributed by atoms with E-state index < -0.39 is 0 Å². The Hall–Kier alpha value is -2.64. The van der Waals surface area contributed by atoms with Crippen LogP contribution in [0.5, 0.6) is 0 Å². The molecule has 1 saturated heterocycles. The molecular weight excluding hydrogens is 324 g/mol. The lowest BCUT2D eigenvalue weighted by atomic mass is 9.91. The van der Waals surface area contributed by atoms with Crippen LogP contribution < -0.4 is 5.32 Å². The van der Waals surface area contributed by atoms with Crippen LogP contribution >= 0.6 is 0 Å². The molecule has 25 heavy (non-hydrogen) atoms. The third-order valence-electron chi connectivity index (χ3n) is 4.92. The number of rotatable bonds is 3. The molecule has 8 nitrogen and oxygen atoms in total. The number of amides is 2. The quantitative estimate of drug-likeness (QED) is 0.905. The Morgan fingerprint density at radius 1 is 1.32 bits per heavy atom. The van der Waals surface area contributed by atoms with Gasteiger partial charge >= 0.3 is 0 Å². The van der Waals surface area contributed by atoms with Crippen molar-refractivity contribution in [1.29, 1.82) is 0 Å². The van der Waals surface area contributed by atoms with E-state index in [0.29, 0.717) is 24.2 Å². The number of nitrogens with zero attached hydrogens (tertiary/aromatic N) is 3. The highest BCUT2D eigenvalue weighted by atomic mass is 16.5. The number of carbonyl (C=O) groups excluding carboxylic acids is 2. The highest BCUT2D eigenvalue weighted by Crippen LogP contribution is 2.26. The molecular formula is C17H20N4O4. The topological polar surface area (TPSA) is 101 Å². The fourth-order valence-corrected chi connectivity index (χ4v) is 3.54. The maximum absolute atomic E-state index is 12.6. The molecule has 0 saturated carbocycles. The van der Waals surface area contributed by atoms with Crippen LogP contribution in [0.4, 0.5) is 0 Å². The van der Waals surface area contributed by atoms with Crippen LogP contribution in [0.3, 0.4) is 0 Å². The third kappa shape index (κ3) is 2.92. The molecule has 0 bridgehead atoms. The second kappa shape index (κ2) is 6.34. The van der Waals surface area contributed by atoms with Crippen molar-refractivity contribution in [2.45, 2.75) is 45.1 Å². The van der Waals surface area contributed by atoms with Crippen molar-refractivity contribution in [3.05, 3.63) is 34.9 Å². The molecule has 1 aliphatic heterocycles. The monoisotopic (exact) mass is 344 g/mol. The van der Waals surface area contributed by atoms with Gasteiger partial charge in [-0.25, -0.2) is 4.98 Å². The Labute approximate surface area is 144 Å². The molecule has 2 amide bonds. The molecule has 8 heteroatoms. The number of nitrogens with one attached hydrogen (secondary N) is 1. The van der Waals surface area contributed by atoms with E-state index >= 15 is 0 Å². The summed E-state index contributed by atoms with van der Waals surface area (Å²) < 4.78 is 10.5. The van der Waals surface area contributed by atoms with E-state index in [1.807, 2.05) is 4.90 Å². The zero-order valence-electron chi connectivity index (χ0n) is 14.1. The van der Waals surface area contributed by atoms with Gasteiger partial charge in [0.25, 0.3) is 11.8 Å². The number of aromatic nitrogens is 2. The summed E-state index contributed by atoms with van der Waals surface area (Å²) in [5.41, 5.74) is 1.78. The molecule has 4 rings (SSSR count). The summed E-state index contributed by atoms with van der Waals surface area (Å²) in [5.74, 6) is 0.626. The van der Waals surface area contributed by atoms with Crippen LogP contribution in [-0.4, -0.2) is 46.0 Å². The number of aryl methyl sites for hydroxylation is 2. The van der Waals surface area contributed by atoms with Gasteiger partial charge in [-0.3, -0.25) is 9.59 Å². The maximum atomic E-state index is 12.6. The van der Waals surface area contributed by atoms with Gasteiger partial charge in [0.15, 0.2) is 12.1 Å². The van der Waals surface area contributed by atoms with Crippen molar-refractivity contribution in [1.82, 2.24) is 20.4 Å². The largest absolute Gasteiger partial charge is 0.438 e. The molecule has 2 aliphatic rings. The van der Waals surface area contributed by atoms with Crippen LogP contribution in [0.25, 0.3) is 0 Å². The predicted molar refractivity (Wildman–Crippen MR) is 86.2 cm³/mol. The van der Waals surface area contributed by atoms with E-state index in [9.17, 15) is 9.59 Å². The molecule has 1 atom stereocenters. The molecule has 0 radical (unpaired) electrons. The number of likely N-dealkylation sites (tertiary alicyclic amines) is 1. The third-order valence-corrected chi connectivity index (χ3v) is 4.92. The van der Waals surface area contributed by atoms with Crippen molar-refractivity contribution >= 4 is 11.8 Å². The lowest BCUT2D eigenvalue weighted by Gasteiger charge is -2.22. The molecule has 1 unspecified atom stereocenters. The van der Waals surface area contributed by atoms with E-state index in [-0.39, 0.29) is 23.6 Å². The van der Waals surface area contributed by atoms with Crippen LogP contribution in [0.1, 0.15) is 57.3 Å². The number of carbonyl (C=O) groups is 2. The number of oxazole rings is 1. The molecule has 0 aromatic carbocycles. The number of hydrogen-bond donors (Lipinski definition) is 1. The molecule has 2 aromatic heterocycles. The number of fused-ring (bicyclic) bond motifs is 1. The Kier molecular flexibility index (Phi) is 4.03. The van der Waals surface area contributed by atoms with E-state index in [2.05, 4.69) is 15.5 Å². The summed E-state index contributed by atoms with van der Waals surface area (Å²) in [6, 6.07) is -0.0889. The fraction of sp³-hybridized carbons (Fsp3) is 0.529. The van der Waals surface area contributed by atoms with Gasteiger partial charge in [0, 0.05) is 31.1 Å². The van der Waals surface area contributed by atoms with E-state index in [0.717, 1.165) is 43.7 Å². The second-order valence-corrected chi connectivity index (χ2v) is 6.61. The zero-order chi connectivity index (χ0) is 17.4.